The highest BCUT2D eigenvalue weighted by atomic mass is 16.5. The van der Waals surface area contributed by atoms with Gasteiger partial charge in [0.25, 0.3) is 0 Å². The van der Waals surface area contributed by atoms with E-state index in [1.165, 1.54) is 0 Å². The summed E-state index contributed by atoms with van der Waals surface area (Å²) in [5, 5.41) is 13.6. The van der Waals surface area contributed by atoms with E-state index in [0.717, 1.165) is 11.3 Å². The van der Waals surface area contributed by atoms with Crippen LogP contribution in [0.1, 0.15) is 17.4 Å². The summed E-state index contributed by atoms with van der Waals surface area (Å²) in [5.41, 5.74) is 1.95. The first-order valence-corrected chi connectivity index (χ1v) is 5.64. The van der Waals surface area contributed by atoms with Gasteiger partial charge in [-0.2, -0.15) is 10.2 Å². The predicted octanol–water partition coefficient (Wildman–Crippen LogP) is 2.30. The van der Waals surface area contributed by atoms with E-state index in [1.54, 1.807) is 18.5 Å². The minimum atomic E-state index is -0.228. The van der Waals surface area contributed by atoms with Crippen LogP contribution in [0.25, 0.3) is 0 Å². The third-order valence-corrected chi connectivity index (χ3v) is 2.63. The molecule has 0 aliphatic heterocycles. The van der Waals surface area contributed by atoms with Crippen LogP contribution in [0.4, 0.5) is 0 Å². The Kier molecular flexibility index (Phi) is 2.79. The molecule has 0 amide bonds. The maximum absolute atomic E-state index is 5.90. The van der Waals surface area contributed by atoms with Gasteiger partial charge in [-0.05, 0) is 11.6 Å². The normalized spacial score (nSPS) is 12.2. The molecule has 3 aromatic rings. The molecule has 0 saturated heterocycles. The number of nitrogens with zero attached hydrogens (tertiary/aromatic N) is 2. The van der Waals surface area contributed by atoms with Crippen LogP contribution in [0.15, 0.2) is 54.9 Å². The van der Waals surface area contributed by atoms with Gasteiger partial charge in [0.05, 0.1) is 11.9 Å². The maximum atomic E-state index is 5.90. The summed E-state index contributed by atoms with van der Waals surface area (Å²) in [6, 6.07) is 13.7. The molecule has 90 valence electrons. The zero-order valence-corrected chi connectivity index (χ0v) is 9.58. The molecule has 0 spiro atoms. The monoisotopic (exact) mass is 240 g/mol. The topological polar surface area (TPSA) is 66.6 Å². The van der Waals surface area contributed by atoms with Gasteiger partial charge in [0, 0.05) is 12.3 Å². The number of rotatable bonds is 4. The van der Waals surface area contributed by atoms with Crippen LogP contribution in [0, 0.1) is 0 Å². The van der Waals surface area contributed by atoms with E-state index in [1.807, 2.05) is 36.4 Å². The van der Waals surface area contributed by atoms with Gasteiger partial charge in [-0.15, -0.1) is 0 Å². The molecule has 2 heterocycles. The van der Waals surface area contributed by atoms with Crippen molar-refractivity contribution in [2.24, 2.45) is 0 Å². The Hall–Kier alpha value is -2.56. The largest absolute Gasteiger partial charge is 0.463 e. The number of nitrogens with one attached hydrogen (secondary N) is 2. The molecule has 18 heavy (non-hydrogen) atoms. The SMILES string of the molecule is c1ccc(C(Oc2ccn[nH]2)c2ccn[nH]2)cc1. The van der Waals surface area contributed by atoms with Crippen molar-refractivity contribution < 1.29 is 4.74 Å². The van der Waals surface area contributed by atoms with Gasteiger partial charge in [-0.25, -0.2) is 5.10 Å². The lowest BCUT2D eigenvalue weighted by Gasteiger charge is -2.16. The molecule has 2 N–H and O–H groups in total. The van der Waals surface area contributed by atoms with Crippen LogP contribution in [-0.4, -0.2) is 20.4 Å². The quantitative estimate of drug-likeness (QED) is 0.735. The molecule has 5 nitrogen and oxygen atoms in total. The minimum Gasteiger partial charge on any atom is -0.463 e. The first-order chi connectivity index (χ1) is 8.93. The van der Waals surface area contributed by atoms with Crippen molar-refractivity contribution in [1.29, 1.82) is 0 Å². The maximum Gasteiger partial charge on any atom is 0.210 e. The van der Waals surface area contributed by atoms with E-state index in [9.17, 15) is 0 Å². The first kappa shape index (κ1) is 10.6. The molecule has 0 bridgehead atoms. The van der Waals surface area contributed by atoms with Gasteiger partial charge in [0.2, 0.25) is 5.88 Å². The molecule has 0 aliphatic rings. The van der Waals surface area contributed by atoms with Crippen molar-refractivity contribution in [3.05, 3.63) is 66.1 Å². The Morgan fingerprint density at radius 1 is 0.889 bits per heavy atom. The lowest BCUT2D eigenvalue weighted by Crippen LogP contribution is -2.10. The average molecular weight is 240 g/mol. The van der Waals surface area contributed by atoms with E-state index >= 15 is 0 Å². The molecular formula is C13H12N4O. The molecule has 1 aromatic carbocycles. The Bertz CT molecular complexity index is 575. The zero-order valence-electron chi connectivity index (χ0n) is 9.58. The third kappa shape index (κ3) is 2.10. The average Bonchev–Trinajstić information content (AvgIpc) is 3.10. The van der Waals surface area contributed by atoms with Crippen LogP contribution >= 0.6 is 0 Å². The number of H-pyrrole nitrogens is 2. The highest BCUT2D eigenvalue weighted by Gasteiger charge is 2.17. The van der Waals surface area contributed by atoms with E-state index in [4.69, 9.17) is 4.74 Å². The molecular weight excluding hydrogens is 228 g/mol. The molecule has 0 saturated carbocycles. The number of hydrogen-bond donors (Lipinski definition) is 2. The standard InChI is InChI=1S/C13H12N4O/c1-2-4-10(5-3-1)13(11-6-8-14-16-11)18-12-7-9-15-17-12/h1-9,13H,(H,14,16)(H,15,17). The summed E-state index contributed by atoms with van der Waals surface area (Å²) in [6.07, 6.45) is 3.14. The van der Waals surface area contributed by atoms with Crippen LogP contribution in [0.3, 0.4) is 0 Å². The lowest BCUT2D eigenvalue weighted by atomic mass is 10.1. The molecule has 0 fully saturated rings. The highest BCUT2D eigenvalue weighted by molar-refractivity contribution is 5.26. The Balaban J connectivity index is 1.94. The molecule has 1 atom stereocenters. The second kappa shape index (κ2) is 4.75. The summed E-state index contributed by atoms with van der Waals surface area (Å²) >= 11 is 0. The summed E-state index contributed by atoms with van der Waals surface area (Å²) < 4.78 is 5.90. The van der Waals surface area contributed by atoms with Gasteiger partial charge in [-0.1, -0.05) is 30.3 Å². The van der Waals surface area contributed by atoms with Crippen molar-refractivity contribution >= 4 is 0 Å². The van der Waals surface area contributed by atoms with Crippen LogP contribution in [0.5, 0.6) is 5.88 Å². The fourth-order valence-corrected chi connectivity index (χ4v) is 1.79. The Morgan fingerprint density at radius 2 is 1.67 bits per heavy atom. The van der Waals surface area contributed by atoms with Crippen LogP contribution in [0.2, 0.25) is 0 Å². The first-order valence-electron chi connectivity index (χ1n) is 5.64. The smallest absolute Gasteiger partial charge is 0.210 e. The summed E-state index contributed by atoms with van der Waals surface area (Å²) in [4.78, 5) is 0. The molecule has 2 aromatic heterocycles. The van der Waals surface area contributed by atoms with Gasteiger partial charge in [0.1, 0.15) is 0 Å². The highest BCUT2D eigenvalue weighted by Crippen LogP contribution is 2.25. The summed E-state index contributed by atoms with van der Waals surface area (Å²) in [7, 11) is 0. The molecule has 3 rings (SSSR count). The van der Waals surface area contributed by atoms with E-state index in [2.05, 4.69) is 20.4 Å². The van der Waals surface area contributed by atoms with E-state index in [0.29, 0.717) is 5.88 Å². The van der Waals surface area contributed by atoms with E-state index < -0.39 is 0 Å². The molecule has 1 unspecified atom stereocenters. The fraction of sp³-hybridized carbons (Fsp3) is 0.0769. The third-order valence-electron chi connectivity index (χ3n) is 2.63. The summed E-state index contributed by atoms with van der Waals surface area (Å²) in [6.45, 7) is 0. The van der Waals surface area contributed by atoms with Crippen LogP contribution in [-0.2, 0) is 0 Å². The second-order valence-electron chi connectivity index (χ2n) is 3.84. The molecule has 0 radical (unpaired) electrons. The van der Waals surface area contributed by atoms with Crippen molar-refractivity contribution in [2.45, 2.75) is 6.10 Å². The van der Waals surface area contributed by atoms with Crippen molar-refractivity contribution in [2.75, 3.05) is 0 Å². The predicted molar refractivity (Wildman–Crippen MR) is 66.1 cm³/mol. The van der Waals surface area contributed by atoms with Gasteiger partial charge in [0.15, 0.2) is 6.10 Å². The fourth-order valence-electron chi connectivity index (χ4n) is 1.79. The number of benzene rings is 1. The number of hydrogen-bond acceptors (Lipinski definition) is 3. The number of aromatic nitrogens is 4. The molecule has 5 heteroatoms. The minimum absolute atomic E-state index is 0.228. The number of aromatic amines is 2. The van der Waals surface area contributed by atoms with Gasteiger partial charge >= 0.3 is 0 Å². The van der Waals surface area contributed by atoms with Crippen molar-refractivity contribution in [3.63, 3.8) is 0 Å². The van der Waals surface area contributed by atoms with Crippen LogP contribution < -0.4 is 4.74 Å². The lowest BCUT2D eigenvalue weighted by molar-refractivity contribution is 0.232. The van der Waals surface area contributed by atoms with Gasteiger partial charge in [-0.3, -0.25) is 5.10 Å². The number of ether oxygens (including phenoxy) is 1. The Morgan fingerprint density at radius 3 is 2.33 bits per heavy atom. The zero-order chi connectivity index (χ0) is 12.2. The van der Waals surface area contributed by atoms with E-state index in [-0.39, 0.29) is 6.10 Å². The second-order valence-corrected chi connectivity index (χ2v) is 3.84. The Labute approximate surface area is 104 Å². The van der Waals surface area contributed by atoms with Gasteiger partial charge < -0.3 is 4.74 Å². The molecule has 0 aliphatic carbocycles. The van der Waals surface area contributed by atoms with Crippen molar-refractivity contribution in [1.82, 2.24) is 20.4 Å². The summed E-state index contributed by atoms with van der Waals surface area (Å²) in [5.74, 6) is 0.624. The van der Waals surface area contributed by atoms with Crippen molar-refractivity contribution in [3.8, 4) is 5.88 Å².